The molecule has 1 aliphatic rings. The van der Waals surface area contributed by atoms with Gasteiger partial charge in [-0.3, -0.25) is 0 Å². The van der Waals surface area contributed by atoms with Gasteiger partial charge in [0, 0.05) is 31.7 Å². The van der Waals surface area contributed by atoms with E-state index in [0.29, 0.717) is 12.3 Å². The van der Waals surface area contributed by atoms with E-state index in [0.717, 1.165) is 29.9 Å². The number of carbonyl (C=O) groups is 1. The number of aromatic amines is 1. The first kappa shape index (κ1) is 20.7. The molecule has 5 nitrogen and oxygen atoms in total. The lowest BCUT2D eigenvalue weighted by Gasteiger charge is -2.20. The molecule has 2 aromatic rings. The largest absolute Gasteiger partial charge is 0.415 e. The lowest BCUT2D eigenvalue weighted by molar-refractivity contribution is 0.165. The number of para-hydroxylation sites is 1. The van der Waals surface area contributed by atoms with Gasteiger partial charge in [-0.05, 0) is 44.5 Å². The van der Waals surface area contributed by atoms with Crippen LogP contribution in [0.2, 0.25) is 0 Å². The lowest BCUT2D eigenvalue weighted by atomic mass is 9.96. The first-order valence-electron chi connectivity index (χ1n) is 10.8. The third kappa shape index (κ3) is 5.28. The van der Waals surface area contributed by atoms with E-state index in [4.69, 9.17) is 4.74 Å². The van der Waals surface area contributed by atoms with E-state index in [1.54, 1.807) is 11.9 Å². The number of nitrogens with zero attached hydrogens (tertiary/aromatic N) is 2. The van der Waals surface area contributed by atoms with Crippen LogP contribution in [0.3, 0.4) is 0 Å². The minimum Gasteiger partial charge on any atom is -0.408 e. The molecule has 1 heterocycles. The fourth-order valence-electron chi connectivity index (χ4n) is 4.13. The highest BCUT2D eigenvalue weighted by Crippen LogP contribution is 2.29. The van der Waals surface area contributed by atoms with Crippen LogP contribution in [-0.2, 0) is 6.54 Å². The van der Waals surface area contributed by atoms with E-state index < -0.39 is 0 Å². The Kier molecular flexibility index (Phi) is 7.37. The molecule has 1 aromatic heterocycles. The molecule has 0 spiro atoms. The van der Waals surface area contributed by atoms with Gasteiger partial charge in [0.1, 0.15) is 0 Å². The van der Waals surface area contributed by atoms with Crippen molar-refractivity contribution in [1.29, 1.82) is 0 Å². The molecule has 3 rings (SSSR count). The molecular weight excluding hydrogens is 350 g/mol. The summed E-state index contributed by atoms with van der Waals surface area (Å²) in [7, 11) is 3.95. The molecule has 154 valence electrons. The van der Waals surface area contributed by atoms with Crippen molar-refractivity contribution in [1.82, 2.24) is 14.8 Å². The maximum absolute atomic E-state index is 12.1. The molecule has 0 bridgehead atoms. The lowest BCUT2D eigenvalue weighted by Crippen LogP contribution is -2.29. The van der Waals surface area contributed by atoms with Crippen molar-refractivity contribution >= 4 is 17.0 Å². The normalized spacial score (nSPS) is 15.7. The summed E-state index contributed by atoms with van der Waals surface area (Å²) in [5, 5.41) is 1.13. The second-order valence-corrected chi connectivity index (χ2v) is 8.26. The van der Waals surface area contributed by atoms with Crippen LogP contribution < -0.4 is 4.74 Å². The van der Waals surface area contributed by atoms with E-state index in [1.807, 2.05) is 25.3 Å². The van der Waals surface area contributed by atoms with Gasteiger partial charge < -0.3 is 19.5 Å². The van der Waals surface area contributed by atoms with Gasteiger partial charge in [-0.25, -0.2) is 4.79 Å². The van der Waals surface area contributed by atoms with Crippen LogP contribution in [0.25, 0.3) is 10.9 Å². The monoisotopic (exact) mass is 385 g/mol. The number of rotatable bonds is 7. The van der Waals surface area contributed by atoms with Gasteiger partial charge in [0.2, 0.25) is 0 Å². The number of ether oxygens (including phenoxy) is 1. The Labute approximate surface area is 169 Å². The highest BCUT2D eigenvalue weighted by Gasteiger charge is 2.16. The molecule has 28 heavy (non-hydrogen) atoms. The van der Waals surface area contributed by atoms with Crippen molar-refractivity contribution in [2.75, 3.05) is 27.2 Å². The molecule has 0 aliphatic heterocycles. The number of hydrogen-bond acceptors (Lipinski definition) is 3. The van der Waals surface area contributed by atoms with Crippen LogP contribution in [0, 0.1) is 5.92 Å². The number of hydrogen-bond donors (Lipinski definition) is 1. The van der Waals surface area contributed by atoms with Gasteiger partial charge in [-0.2, -0.15) is 0 Å². The van der Waals surface area contributed by atoms with Crippen LogP contribution in [0.4, 0.5) is 4.79 Å². The second-order valence-electron chi connectivity index (χ2n) is 8.26. The van der Waals surface area contributed by atoms with Gasteiger partial charge in [0.25, 0.3) is 0 Å². The Morgan fingerprint density at radius 1 is 1.18 bits per heavy atom. The summed E-state index contributed by atoms with van der Waals surface area (Å²) in [6.07, 6.45) is 11.5. The maximum atomic E-state index is 12.1. The predicted octanol–water partition coefficient (Wildman–Crippen LogP) is 5.41. The van der Waals surface area contributed by atoms with Crippen LogP contribution >= 0.6 is 0 Å². The van der Waals surface area contributed by atoms with E-state index in [-0.39, 0.29) is 6.09 Å². The van der Waals surface area contributed by atoms with Crippen molar-refractivity contribution in [3.8, 4) is 5.75 Å². The molecule has 0 atom stereocenters. The zero-order valence-electron chi connectivity index (χ0n) is 17.7. The van der Waals surface area contributed by atoms with Crippen LogP contribution in [0.1, 0.15) is 57.4 Å². The van der Waals surface area contributed by atoms with Gasteiger partial charge >= 0.3 is 6.09 Å². The summed E-state index contributed by atoms with van der Waals surface area (Å²) in [6, 6.07) is 5.90. The molecular formula is C23H35N3O2. The van der Waals surface area contributed by atoms with Gasteiger partial charge in [0.15, 0.2) is 5.75 Å². The second kappa shape index (κ2) is 9.97. The Morgan fingerprint density at radius 2 is 1.93 bits per heavy atom. The molecule has 1 fully saturated rings. The third-order valence-corrected chi connectivity index (χ3v) is 6.08. The van der Waals surface area contributed by atoms with Gasteiger partial charge in [-0.1, -0.05) is 50.7 Å². The maximum Gasteiger partial charge on any atom is 0.415 e. The first-order valence-corrected chi connectivity index (χ1v) is 10.8. The minimum atomic E-state index is -0.327. The molecule has 1 saturated carbocycles. The topological polar surface area (TPSA) is 48.6 Å². The van der Waals surface area contributed by atoms with Gasteiger partial charge in [-0.15, -0.1) is 0 Å². The number of nitrogens with one attached hydrogen (secondary N) is 1. The Bertz CT molecular complexity index is 762. The number of carbonyl (C=O) groups excluding carboxylic acids is 1. The molecule has 1 N–H and O–H groups in total. The molecule has 1 amide bonds. The smallest absolute Gasteiger partial charge is 0.408 e. The number of amides is 1. The average Bonchev–Trinajstić information content (AvgIpc) is 2.93. The standard InChI is InChI=1S/C23H35N3O2/c1-4-26(3)23(27)28-21-13-9-12-20-19(16-24-22(20)21)17-25(2)15-14-18-10-7-5-6-8-11-18/h9,12-13,16,18,24H,4-8,10-11,14-15,17H2,1-3H3. The van der Waals surface area contributed by atoms with E-state index in [2.05, 4.69) is 23.0 Å². The Morgan fingerprint density at radius 3 is 2.64 bits per heavy atom. The number of H-pyrrole nitrogens is 1. The minimum absolute atomic E-state index is 0.327. The fourth-order valence-corrected chi connectivity index (χ4v) is 4.13. The van der Waals surface area contributed by atoms with E-state index >= 15 is 0 Å². The Balaban J connectivity index is 1.62. The zero-order valence-corrected chi connectivity index (χ0v) is 17.7. The van der Waals surface area contributed by atoms with Gasteiger partial charge in [0.05, 0.1) is 5.52 Å². The number of aromatic nitrogens is 1. The molecule has 1 aliphatic carbocycles. The molecule has 1 aromatic carbocycles. The van der Waals surface area contributed by atoms with Crippen LogP contribution in [0.5, 0.6) is 5.75 Å². The first-order chi connectivity index (χ1) is 13.6. The summed E-state index contributed by atoms with van der Waals surface area (Å²) in [4.78, 5) is 19.4. The number of benzene rings is 1. The SMILES string of the molecule is CCN(C)C(=O)Oc1cccc2c(CN(C)CCC3CCCCCC3)c[nH]c12. The fraction of sp³-hybridized carbons (Fsp3) is 0.609. The van der Waals surface area contributed by atoms with Crippen molar-refractivity contribution in [3.63, 3.8) is 0 Å². The predicted molar refractivity (Wildman–Crippen MR) is 115 cm³/mol. The van der Waals surface area contributed by atoms with Crippen molar-refractivity contribution in [2.45, 2.75) is 58.4 Å². The summed E-state index contributed by atoms with van der Waals surface area (Å²) in [5.74, 6) is 1.49. The Hall–Kier alpha value is -2.01. The van der Waals surface area contributed by atoms with Crippen molar-refractivity contribution in [3.05, 3.63) is 30.0 Å². The van der Waals surface area contributed by atoms with E-state index in [1.165, 1.54) is 50.5 Å². The van der Waals surface area contributed by atoms with Crippen LogP contribution in [0.15, 0.2) is 24.4 Å². The average molecular weight is 386 g/mol. The number of fused-ring (bicyclic) bond motifs is 1. The van der Waals surface area contributed by atoms with Crippen molar-refractivity contribution in [2.24, 2.45) is 5.92 Å². The third-order valence-electron chi connectivity index (χ3n) is 6.08. The molecule has 0 unspecified atom stereocenters. The quantitative estimate of drug-likeness (QED) is 0.648. The van der Waals surface area contributed by atoms with Crippen molar-refractivity contribution < 1.29 is 9.53 Å². The summed E-state index contributed by atoms with van der Waals surface area (Å²) >= 11 is 0. The zero-order chi connectivity index (χ0) is 19.9. The molecule has 0 saturated heterocycles. The highest BCUT2D eigenvalue weighted by atomic mass is 16.6. The highest BCUT2D eigenvalue weighted by molar-refractivity contribution is 5.90. The van der Waals surface area contributed by atoms with Crippen LogP contribution in [-0.4, -0.2) is 48.1 Å². The van der Waals surface area contributed by atoms with E-state index in [9.17, 15) is 4.79 Å². The molecule has 0 radical (unpaired) electrons. The summed E-state index contributed by atoms with van der Waals surface area (Å²) in [5.41, 5.74) is 2.15. The summed E-state index contributed by atoms with van der Waals surface area (Å²) in [6.45, 7) is 4.59. The molecule has 5 heteroatoms. The summed E-state index contributed by atoms with van der Waals surface area (Å²) < 4.78 is 5.58.